The highest BCUT2D eigenvalue weighted by Crippen LogP contribution is 2.26. The van der Waals surface area contributed by atoms with Gasteiger partial charge in [0.05, 0.1) is 13.2 Å². The molecular weight excluding hydrogens is 230 g/mol. The van der Waals surface area contributed by atoms with E-state index in [-0.39, 0.29) is 0 Å². The van der Waals surface area contributed by atoms with Crippen molar-refractivity contribution in [1.82, 2.24) is 0 Å². The van der Waals surface area contributed by atoms with Crippen LogP contribution in [-0.2, 0) is 17.6 Å². The third-order valence-corrected chi connectivity index (χ3v) is 4.04. The largest absolute Gasteiger partial charge is 0.379 e. The van der Waals surface area contributed by atoms with Crippen LogP contribution in [0.15, 0.2) is 23.1 Å². The lowest BCUT2D eigenvalue weighted by Crippen LogP contribution is -2.09. The number of nitrogens with two attached hydrogens (primary N) is 1. The van der Waals surface area contributed by atoms with Crippen molar-refractivity contribution in [2.24, 2.45) is 5.73 Å². The molecule has 0 spiro atoms. The highest BCUT2D eigenvalue weighted by atomic mass is 32.2. The normalized spacial score (nSPS) is 14.6. The van der Waals surface area contributed by atoms with Crippen LogP contribution in [0.1, 0.15) is 24.0 Å². The minimum Gasteiger partial charge on any atom is -0.379 e. The van der Waals surface area contributed by atoms with E-state index in [0.717, 1.165) is 12.4 Å². The van der Waals surface area contributed by atoms with Crippen molar-refractivity contribution in [1.29, 1.82) is 0 Å². The van der Waals surface area contributed by atoms with Gasteiger partial charge in [0.2, 0.25) is 0 Å². The van der Waals surface area contributed by atoms with E-state index in [4.69, 9.17) is 10.5 Å². The fourth-order valence-electron chi connectivity index (χ4n) is 2.20. The Morgan fingerprint density at radius 1 is 1.12 bits per heavy atom. The fraction of sp³-hybridized carbons (Fsp3) is 0.571. The molecule has 0 saturated heterocycles. The number of aryl methyl sites for hydroxylation is 2. The van der Waals surface area contributed by atoms with Crippen LogP contribution in [0.3, 0.4) is 0 Å². The first-order chi connectivity index (χ1) is 8.40. The molecule has 94 valence electrons. The number of fused-ring (bicyclic) bond motifs is 1. The van der Waals surface area contributed by atoms with E-state index in [9.17, 15) is 0 Å². The van der Waals surface area contributed by atoms with Gasteiger partial charge in [-0.25, -0.2) is 0 Å². The summed E-state index contributed by atoms with van der Waals surface area (Å²) < 4.78 is 5.37. The van der Waals surface area contributed by atoms with E-state index in [1.54, 1.807) is 11.1 Å². The molecule has 0 saturated carbocycles. The number of thioether (sulfide) groups is 1. The fourth-order valence-corrected chi connectivity index (χ4v) is 3.03. The van der Waals surface area contributed by atoms with Crippen LogP contribution in [0.5, 0.6) is 0 Å². The summed E-state index contributed by atoms with van der Waals surface area (Å²) in [5.41, 5.74) is 8.48. The molecule has 0 radical (unpaired) electrons. The average molecular weight is 251 g/mol. The van der Waals surface area contributed by atoms with Gasteiger partial charge in [-0.15, -0.1) is 11.8 Å². The average Bonchev–Trinajstić information content (AvgIpc) is 2.38. The molecule has 1 aliphatic carbocycles. The third-order valence-electron chi connectivity index (χ3n) is 3.08. The minimum atomic E-state index is 0.615. The maximum atomic E-state index is 5.37. The Hall–Kier alpha value is -0.510. The highest BCUT2D eigenvalue weighted by Gasteiger charge is 2.09. The Kier molecular flexibility index (Phi) is 5.36. The molecule has 2 N–H and O–H groups in total. The van der Waals surface area contributed by atoms with Gasteiger partial charge in [-0.2, -0.15) is 0 Å². The molecule has 0 aromatic heterocycles. The smallest absolute Gasteiger partial charge is 0.0589 e. The summed E-state index contributed by atoms with van der Waals surface area (Å²) in [6, 6.07) is 6.91. The van der Waals surface area contributed by atoms with Crippen LogP contribution in [0.25, 0.3) is 0 Å². The van der Waals surface area contributed by atoms with Crippen molar-refractivity contribution < 1.29 is 4.74 Å². The first kappa shape index (κ1) is 12.9. The van der Waals surface area contributed by atoms with Crippen molar-refractivity contribution in [3.05, 3.63) is 29.3 Å². The number of ether oxygens (including phenoxy) is 1. The molecule has 0 fully saturated rings. The van der Waals surface area contributed by atoms with Gasteiger partial charge in [-0.05, 0) is 48.9 Å². The Labute approximate surface area is 108 Å². The lowest BCUT2D eigenvalue weighted by molar-refractivity contribution is 0.158. The molecule has 17 heavy (non-hydrogen) atoms. The second kappa shape index (κ2) is 7.04. The Morgan fingerprint density at radius 2 is 1.94 bits per heavy atom. The Balaban J connectivity index is 1.81. The van der Waals surface area contributed by atoms with E-state index >= 15 is 0 Å². The topological polar surface area (TPSA) is 35.2 Å². The molecule has 0 bridgehead atoms. The van der Waals surface area contributed by atoms with Crippen LogP contribution >= 0.6 is 11.8 Å². The highest BCUT2D eigenvalue weighted by molar-refractivity contribution is 7.99. The summed E-state index contributed by atoms with van der Waals surface area (Å²) in [5, 5.41) is 0. The number of benzene rings is 1. The van der Waals surface area contributed by atoms with Gasteiger partial charge >= 0.3 is 0 Å². The van der Waals surface area contributed by atoms with Gasteiger partial charge in [-0.3, -0.25) is 0 Å². The molecule has 1 aromatic rings. The van der Waals surface area contributed by atoms with Crippen molar-refractivity contribution in [2.45, 2.75) is 30.6 Å². The molecular formula is C14H21NOS. The Morgan fingerprint density at radius 3 is 2.76 bits per heavy atom. The van der Waals surface area contributed by atoms with Gasteiger partial charge in [0.25, 0.3) is 0 Å². The number of rotatable bonds is 6. The molecule has 1 aliphatic rings. The zero-order chi connectivity index (χ0) is 11.9. The summed E-state index contributed by atoms with van der Waals surface area (Å²) in [5.74, 6) is 1.01. The second-order valence-corrected chi connectivity index (χ2v) is 5.56. The molecule has 2 nitrogen and oxygen atoms in total. The lowest BCUT2D eigenvalue weighted by atomic mass is 9.92. The maximum Gasteiger partial charge on any atom is 0.0589 e. The van der Waals surface area contributed by atoms with E-state index in [1.807, 2.05) is 11.8 Å². The predicted octanol–water partition coefficient (Wildman–Crippen LogP) is 2.63. The van der Waals surface area contributed by atoms with E-state index in [1.165, 1.54) is 30.6 Å². The molecule has 0 aliphatic heterocycles. The van der Waals surface area contributed by atoms with Crippen molar-refractivity contribution in [2.75, 3.05) is 25.5 Å². The number of hydrogen-bond donors (Lipinski definition) is 1. The lowest BCUT2D eigenvalue weighted by Gasteiger charge is -2.16. The quantitative estimate of drug-likeness (QED) is 0.623. The molecule has 0 atom stereocenters. The zero-order valence-corrected chi connectivity index (χ0v) is 11.1. The number of hydrogen-bond acceptors (Lipinski definition) is 3. The molecule has 3 heteroatoms. The molecule has 0 unspecified atom stereocenters. The van der Waals surface area contributed by atoms with Gasteiger partial charge in [-0.1, -0.05) is 6.07 Å². The first-order valence-corrected chi connectivity index (χ1v) is 7.41. The van der Waals surface area contributed by atoms with Crippen molar-refractivity contribution in [3.8, 4) is 0 Å². The van der Waals surface area contributed by atoms with Crippen LogP contribution in [0.2, 0.25) is 0 Å². The Bertz CT molecular complexity index is 354. The van der Waals surface area contributed by atoms with E-state index in [2.05, 4.69) is 18.2 Å². The summed E-state index contributed by atoms with van der Waals surface area (Å²) in [6.07, 6.45) is 5.22. The molecule has 1 aromatic carbocycles. The van der Waals surface area contributed by atoms with Crippen LogP contribution in [-0.4, -0.2) is 25.5 Å². The first-order valence-electron chi connectivity index (χ1n) is 6.42. The SMILES string of the molecule is NCCOCCSc1ccc2c(c1)CCCC2. The van der Waals surface area contributed by atoms with Crippen molar-refractivity contribution in [3.63, 3.8) is 0 Å². The summed E-state index contributed by atoms with van der Waals surface area (Å²) in [6.45, 7) is 2.08. The van der Waals surface area contributed by atoms with Crippen LogP contribution in [0.4, 0.5) is 0 Å². The van der Waals surface area contributed by atoms with Gasteiger partial charge in [0.15, 0.2) is 0 Å². The minimum absolute atomic E-state index is 0.615. The van der Waals surface area contributed by atoms with Crippen LogP contribution in [0, 0.1) is 0 Å². The van der Waals surface area contributed by atoms with E-state index in [0.29, 0.717) is 13.2 Å². The third kappa shape index (κ3) is 4.02. The summed E-state index contributed by atoms with van der Waals surface area (Å²) in [4.78, 5) is 1.38. The van der Waals surface area contributed by atoms with Crippen molar-refractivity contribution >= 4 is 11.8 Å². The van der Waals surface area contributed by atoms with Crippen LogP contribution < -0.4 is 5.73 Å². The van der Waals surface area contributed by atoms with Gasteiger partial charge in [0, 0.05) is 17.2 Å². The van der Waals surface area contributed by atoms with Gasteiger partial charge in [0.1, 0.15) is 0 Å². The summed E-state index contributed by atoms with van der Waals surface area (Å²) in [7, 11) is 0. The second-order valence-electron chi connectivity index (χ2n) is 4.39. The van der Waals surface area contributed by atoms with Gasteiger partial charge < -0.3 is 10.5 Å². The molecule has 0 amide bonds. The molecule has 0 heterocycles. The zero-order valence-electron chi connectivity index (χ0n) is 10.3. The van der Waals surface area contributed by atoms with E-state index < -0.39 is 0 Å². The maximum absolute atomic E-state index is 5.37. The standard InChI is InChI=1S/C14H21NOS/c15-7-8-16-9-10-17-14-6-5-12-3-1-2-4-13(12)11-14/h5-6,11H,1-4,7-10,15H2. The molecule has 2 rings (SSSR count). The summed E-state index contributed by atoms with van der Waals surface area (Å²) >= 11 is 1.88. The predicted molar refractivity (Wildman–Crippen MR) is 73.7 cm³/mol. The monoisotopic (exact) mass is 251 g/mol.